The zero-order chi connectivity index (χ0) is 19.9. The Morgan fingerprint density at radius 2 is 1.86 bits per heavy atom. The van der Waals surface area contributed by atoms with Gasteiger partial charge in [0.05, 0.1) is 11.5 Å². The Hall–Kier alpha value is -3.23. The van der Waals surface area contributed by atoms with Crippen molar-refractivity contribution in [3.63, 3.8) is 0 Å². The van der Waals surface area contributed by atoms with Gasteiger partial charge in [0, 0.05) is 23.8 Å². The molecule has 0 unspecified atom stereocenters. The molecule has 1 aromatic heterocycles. The summed E-state index contributed by atoms with van der Waals surface area (Å²) in [5.74, 6) is 0.341. The van der Waals surface area contributed by atoms with Crippen LogP contribution in [0.5, 0.6) is 0 Å². The molecule has 0 radical (unpaired) electrons. The molecule has 1 heterocycles. The largest absolute Gasteiger partial charge is 0.395 e. The fourth-order valence-corrected chi connectivity index (χ4v) is 2.76. The van der Waals surface area contributed by atoms with Crippen LogP contribution in [0.1, 0.15) is 5.56 Å². The highest BCUT2D eigenvalue weighted by molar-refractivity contribution is 6.30. The molecule has 0 saturated heterocycles. The molecule has 2 N–H and O–H groups in total. The Balaban J connectivity index is 1.94. The van der Waals surface area contributed by atoms with Crippen molar-refractivity contribution in [2.45, 2.75) is 6.54 Å². The molecule has 0 spiro atoms. The Labute approximate surface area is 166 Å². The van der Waals surface area contributed by atoms with Crippen LogP contribution in [0.2, 0.25) is 5.02 Å². The highest BCUT2D eigenvalue weighted by Crippen LogP contribution is 2.28. The predicted molar refractivity (Wildman–Crippen MR) is 108 cm³/mol. The summed E-state index contributed by atoms with van der Waals surface area (Å²) in [6, 6.07) is 16.4. The summed E-state index contributed by atoms with van der Waals surface area (Å²) < 4.78 is 0. The lowest BCUT2D eigenvalue weighted by molar-refractivity contribution is -0.384. The van der Waals surface area contributed by atoms with Crippen molar-refractivity contribution in [3.8, 4) is 0 Å². The fraction of sp³-hybridized carbons (Fsp3) is 0.158. The van der Waals surface area contributed by atoms with Crippen molar-refractivity contribution in [1.29, 1.82) is 0 Å². The molecule has 0 fully saturated rings. The quantitative estimate of drug-likeness (QED) is 0.438. The van der Waals surface area contributed by atoms with Crippen LogP contribution in [-0.2, 0) is 6.54 Å². The molecule has 28 heavy (non-hydrogen) atoms. The van der Waals surface area contributed by atoms with E-state index >= 15 is 0 Å². The van der Waals surface area contributed by atoms with Crippen molar-refractivity contribution in [3.05, 3.63) is 81.5 Å². The molecular weight excluding hydrogens is 382 g/mol. The second-order valence-electron chi connectivity index (χ2n) is 5.92. The Kier molecular flexibility index (Phi) is 6.36. The van der Waals surface area contributed by atoms with Gasteiger partial charge in [-0.1, -0.05) is 41.9 Å². The summed E-state index contributed by atoms with van der Waals surface area (Å²) in [4.78, 5) is 21.0. The van der Waals surface area contributed by atoms with Crippen LogP contribution in [0.3, 0.4) is 0 Å². The molecule has 0 amide bonds. The van der Waals surface area contributed by atoms with Crippen LogP contribution in [0.25, 0.3) is 0 Å². The molecular formula is C19H18ClN5O3. The smallest absolute Gasteiger partial charge is 0.329 e. The number of hydrogen-bond acceptors (Lipinski definition) is 7. The third-order valence-corrected chi connectivity index (χ3v) is 4.18. The van der Waals surface area contributed by atoms with E-state index in [1.54, 1.807) is 29.2 Å². The van der Waals surface area contributed by atoms with E-state index in [0.29, 0.717) is 17.3 Å². The molecule has 0 saturated carbocycles. The third kappa shape index (κ3) is 4.93. The van der Waals surface area contributed by atoms with Gasteiger partial charge in [0.15, 0.2) is 0 Å². The topological polar surface area (TPSA) is 104 Å². The number of aliphatic hydroxyl groups is 1. The van der Waals surface area contributed by atoms with Crippen LogP contribution in [0.15, 0.2) is 60.8 Å². The Bertz CT molecular complexity index is 938. The van der Waals surface area contributed by atoms with E-state index < -0.39 is 4.92 Å². The second kappa shape index (κ2) is 9.12. The first-order valence-electron chi connectivity index (χ1n) is 8.50. The molecule has 0 aliphatic carbocycles. The molecule has 3 rings (SSSR count). The van der Waals surface area contributed by atoms with Gasteiger partial charge in [-0.15, -0.1) is 0 Å². The number of nitrogens with one attached hydrogen (secondary N) is 1. The maximum Gasteiger partial charge on any atom is 0.329 e. The van der Waals surface area contributed by atoms with Gasteiger partial charge in [0.25, 0.3) is 0 Å². The van der Waals surface area contributed by atoms with Gasteiger partial charge in [-0.05, 0) is 29.8 Å². The van der Waals surface area contributed by atoms with Gasteiger partial charge in [0.2, 0.25) is 11.8 Å². The zero-order valence-corrected chi connectivity index (χ0v) is 15.6. The van der Waals surface area contributed by atoms with Crippen molar-refractivity contribution in [2.75, 3.05) is 23.4 Å². The summed E-state index contributed by atoms with van der Waals surface area (Å²) in [5.41, 5.74) is 1.41. The van der Waals surface area contributed by atoms with Crippen molar-refractivity contribution >= 4 is 34.7 Å². The van der Waals surface area contributed by atoms with Gasteiger partial charge >= 0.3 is 5.69 Å². The highest BCUT2D eigenvalue weighted by Gasteiger charge is 2.23. The molecule has 0 atom stereocenters. The van der Waals surface area contributed by atoms with Crippen LogP contribution in [0.4, 0.5) is 23.1 Å². The van der Waals surface area contributed by atoms with E-state index in [1.807, 2.05) is 30.3 Å². The number of benzene rings is 2. The minimum atomic E-state index is -0.531. The van der Waals surface area contributed by atoms with Crippen molar-refractivity contribution in [2.24, 2.45) is 0 Å². The van der Waals surface area contributed by atoms with Crippen molar-refractivity contribution in [1.82, 2.24) is 9.97 Å². The average Bonchev–Trinajstić information content (AvgIpc) is 2.70. The number of halogens is 1. The zero-order valence-electron chi connectivity index (χ0n) is 14.8. The molecule has 9 heteroatoms. The summed E-state index contributed by atoms with van der Waals surface area (Å²) in [6.07, 6.45) is 1.16. The standard InChI is InChI=1S/C19H18ClN5O3/c20-15-6-8-16(9-7-15)22-19-21-12-17(25(27)28)18(23-19)24(10-11-26)13-14-4-2-1-3-5-14/h1-9,12,26H,10-11,13H2,(H,21,22,23). The molecule has 0 aliphatic heterocycles. The monoisotopic (exact) mass is 399 g/mol. The molecule has 3 aromatic rings. The van der Waals surface area contributed by atoms with Crippen LogP contribution in [0, 0.1) is 10.1 Å². The van der Waals surface area contributed by atoms with Crippen LogP contribution in [-0.4, -0.2) is 33.1 Å². The average molecular weight is 400 g/mol. The number of rotatable bonds is 8. The number of aliphatic hydroxyl groups excluding tert-OH is 1. The summed E-state index contributed by atoms with van der Waals surface area (Å²) in [6.45, 7) is 0.376. The third-order valence-electron chi connectivity index (χ3n) is 3.93. The van der Waals surface area contributed by atoms with E-state index in [4.69, 9.17) is 11.6 Å². The van der Waals surface area contributed by atoms with Gasteiger partial charge in [0.1, 0.15) is 6.20 Å². The lowest BCUT2D eigenvalue weighted by Crippen LogP contribution is -2.28. The lowest BCUT2D eigenvalue weighted by atomic mass is 10.2. The first-order chi connectivity index (χ1) is 13.6. The minimum Gasteiger partial charge on any atom is -0.395 e. The number of nitrogens with zero attached hydrogens (tertiary/aromatic N) is 4. The lowest BCUT2D eigenvalue weighted by Gasteiger charge is -2.23. The second-order valence-corrected chi connectivity index (χ2v) is 6.36. The Morgan fingerprint density at radius 3 is 2.50 bits per heavy atom. The van der Waals surface area contributed by atoms with Crippen LogP contribution < -0.4 is 10.2 Å². The predicted octanol–water partition coefficient (Wildman–Crippen LogP) is 3.78. The van der Waals surface area contributed by atoms with Gasteiger partial charge in [-0.3, -0.25) is 10.1 Å². The van der Waals surface area contributed by atoms with E-state index in [-0.39, 0.29) is 30.6 Å². The number of anilines is 3. The normalized spacial score (nSPS) is 10.5. The first kappa shape index (κ1) is 19.5. The summed E-state index contributed by atoms with van der Waals surface area (Å²) in [5, 5.41) is 24.5. The van der Waals surface area contributed by atoms with E-state index in [0.717, 1.165) is 11.8 Å². The maximum absolute atomic E-state index is 11.5. The van der Waals surface area contributed by atoms with E-state index in [2.05, 4.69) is 15.3 Å². The molecule has 8 nitrogen and oxygen atoms in total. The number of hydrogen-bond donors (Lipinski definition) is 2. The van der Waals surface area contributed by atoms with E-state index in [1.165, 1.54) is 0 Å². The minimum absolute atomic E-state index is 0.134. The first-order valence-corrected chi connectivity index (χ1v) is 8.88. The fourth-order valence-electron chi connectivity index (χ4n) is 2.63. The van der Waals surface area contributed by atoms with Gasteiger partial charge in [-0.25, -0.2) is 4.98 Å². The maximum atomic E-state index is 11.5. The summed E-state index contributed by atoms with van der Waals surface area (Å²) in [7, 11) is 0. The summed E-state index contributed by atoms with van der Waals surface area (Å²) >= 11 is 5.88. The van der Waals surface area contributed by atoms with Crippen LogP contribution >= 0.6 is 11.6 Å². The molecule has 0 aliphatic rings. The number of nitro groups is 1. The Morgan fingerprint density at radius 1 is 1.14 bits per heavy atom. The van der Waals surface area contributed by atoms with Gasteiger partial charge in [-0.2, -0.15) is 4.98 Å². The SMILES string of the molecule is O=[N+]([O-])c1cnc(Nc2ccc(Cl)cc2)nc1N(CCO)Cc1ccccc1. The van der Waals surface area contributed by atoms with Gasteiger partial charge < -0.3 is 15.3 Å². The van der Waals surface area contributed by atoms with E-state index in [9.17, 15) is 15.2 Å². The van der Waals surface area contributed by atoms with Crippen molar-refractivity contribution < 1.29 is 10.0 Å². The number of aromatic nitrogens is 2. The highest BCUT2D eigenvalue weighted by atomic mass is 35.5. The molecule has 2 aromatic carbocycles. The molecule has 0 bridgehead atoms. The molecule has 144 valence electrons.